The minimum absolute atomic E-state index is 0.220. The van der Waals surface area contributed by atoms with Gasteiger partial charge in [-0.05, 0) is 27.9 Å². The Hall–Kier alpha value is -1.61. The van der Waals surface area contributed by atoms with Gasteiger partial charge in [0, 0.05) is 7.05 Å². The van der Waals surface area contributed by atoms with Crippen LogP contribution in [0.1, 0.15) is 23.5 Å². The van der Waals surface area contributed by atoms with Crippen molar-refractivity contribution in [2.75, 3.05) is 12.4 Å². The fourth-order valence-electron chi connectivity index (χ4n) is 1.51. The van der Waals surface area contributed by atoms with Crippen molar-refractivity contribution < 1.29 is 19.1 Å². The van der Waals surface area contributed by atoms with Gasteiger partial charge in [0.1, 0.15) is 4.88 Å². The van der Waals surface area contributed by atoms with Crippen LogP contribution in [0.25, 0.3) is 0 Å². The van der Waals surface area contributed by atoms with Crippen LogP contribution in [-0.4, -0.2) is 31.1 Å². The average molecular weight is 378 g/mol. The highest BCUT2D eigenvalue weighted by Gasteiger charge is 2.27. The van der Waals surface area contributed by atoms with E-state index in [1.54, 1.807) is 19.9 Å². The standard InChI is InChI=1S/C12H16BrN3O4S/c1-5(2)8(20-12(19)15-3)11(18)16-6-4-7(13)21-9(6)10(14)17/h4-5,8H,1-3H3,(H2,14,17)(H,15,19)(H,16,18). The summed E-state index contributed by atoms with van der Waals surface area (Å²) in [5, 5.41) is 4.84. The Morgan fingerprint density at radius 3 is 2.48 bits per heavy atom. The molecule has 1 atom stereocenters. The van der Waals surface area contributed by atoms with Crippen LogP contribution in [0.15, 0.2) is 9.85 Å². The lowest BCUT2D eigenvalue weighted by Crippen LogP contribution is -2.39. The first kappa shape index (κ1) is 17.4. The predicted octanol–water partition coefficient (Wildman–Crippen LogP) is 1.93. The van der Waals surface area contributed by atoms with Crippen molar-refractivity contribution in [1.82, 2.24) is 5.32 Å². The summed E-state index contributed by atoms with van der Waals surface area (Å²) in [6.07, 6.45) is -1.69. The van der Waals surface area contributed by atoms with E-state index in [0.29, 0.717) is 3.79 Å². The number of carbonyl (C=O) groups is 3. The second-order valence-corrected chi connectivity index (χ2v) is 6.90. The van der Waals surface area contributed by atoms with Gasteiger partial charge in [-0.1, -0.05) is 13.8 Å². The van der Waals surface area contributed by atoms with Crippen LogP contribution < -0.4 is 16.4 Å². The lowest BCUT2D eigenvalue weighted by molar-refractivity contribution is -0.126. The molecule has 0 aliphatic carbocycles. The summed E-state index contributed by atoms with van der Waals surface area (Å²) >= 11 is 4.33. The first-order valence-electron chi connectivity index (χ1n) is 6.04. The number of amides is 3. The molecule has 3 amide bonds. The molecule has 7 nitrogen and oxygen atoms in total. The first-order chi connectivity index (χ1) is 9.76. The highest BCUT2D eigenvalue weighted by molar-refractivity contribution is 9.11. The lowest BCUT2D eigenvalue weighted by atomic mass is 10.1. The van der Waals surface area contributed by atoms with E-state index in [0.717, 1.165) is 11.3 Å². The second-order valence-electron chi connectivity index (χ2n) is 4.47. The van der Waals surface area contributed by atoms with Gasteiger partial charge in [-0.25, -0.2) is 4.79 Å². The summed E-state index contributed by atoms with van der Waals surface area (Å²) in [4.78, 5) is 35.0. The fourth-order valence-corrected chi connectivity index (χ4v) is 2.91. The van der Waals surface area contributed by atoms with E-state index in [9.17, 15) is 14.4 Å². The molecule has 0 saturated heterocycles. The number of rotatable bonds is 5. The van der Waals surface area contributed by atoms with E-state index in [1.807, 2.05) is 0 Å². The first-order valence-corrected chi connectivity index (χ1v) is 7.65. The Bertz CT molecular complexity index is 559. The van der Waals surface area contributed by atoms with Crippen LogP contribution in [-0.2, 0) is 9.53 Å². The average Bonchev–Trinajstić information content (AvgIpc) is 2.76. The van der Waals surface area contributed by atoms with Gasteiger partial charge in [0.15, 0.2) is 6.10 Å². The maximum Gasteiger partial charge on any atom is 0.407 e. The zero-order chi connectivity index (χ0) is 16.2. The molecule has 1 unspecified atom stereocenters. The van der Waals surface area contributed by atoms with Crippen LogP contribution in [0, 0.1) is 5.92 Å². The number of nitrogens with one attached hydrogen (secondary N) is 2. The SMILES string of the molecule is CNC(=O)OC(C(=O)Nc1cc(Br)sc1C(N)=O)C(C)C. The van der Waals surface area contributed by atoms with Gasteiger partial charge in [0.05, 0.1) is 9.47 Å². The number of hydrogen-bond acceptors (Lipinski definition) is 5. The third-order valence-electron chi connectivity index (χ3n) is 2.49. The largest absolute Gasteiger partial charge is 0.436 e. The molecule has 9 heteroatoms. The molecule has 0 aliphatic rings. The molecule has 21 heavy (non-hydrogen) atoms. The number of nitrogens with two attached hydrogens (primary N) is 1. The molecule has 1 aromatic heterocycles. The summed E-state index contributed by atoms with van der Waals surface area (Å²) in [6.45, 7) is 3.48. The molecule has 4 N–H and O–H groups in total. The summed E-state index contributed by atoms with van der Waals surface area (Å²) in [6, 6.07) is 1.57. The molecular formula is C12H16BrN3O4S. The smallest absolute Gasteiger partial charge is 0.407 e. The van der Waals surface area contributed by atoms with Gasteiger partial charge >= 0.3 is 6.09 Å². The van der Waals surface area contributed by atoms with E-state index >= 15 is 0 Å². The van der Waals surface area contributed by atoms with Crippen LogP contribution >= 0.6 is 27.3 Å². The maximum absolute atomic E-state index is 12.2. The van der Waals surface area contributed by atoms with Gasteiger partial charge in [0.25, 0.3) is 11.8 Å². The molecule has 0 aromatic carbocycles. The Labute approximate surface area is 134 Å². The summed E-state index contributed by atoms with van der Waals surface area (Å²) < 4.78 is 5.67. The molecule has 1 aromatic rings. The van der Waals surface area contributed by atoms with Gasteiger partial charge < -0.3 is 21.1 Å². The lowest BCUT2D eigenvalue weighted by Gasteiger charge is -2.20. The summed E-state index contributed by atoms with van der Waals surface area (Å²) in [7, 11) is 1.40. The number of ether oxygens (including phenoxy) is 1. The molecule has 0 radical (unpaired) electrons. The quantitative estimate of drug-likeness (QED) is 0.727. The molecular weight excluding hydrogens is 362 g/mol. The Morgan fingerprint density at radius 2 is 2.00 bits per heavy atom. The molecule has 0 aliphatic heterocycles. The van der Waals surface area contributed by atoms with E-state index in [-0.39, 0.29) is 16.5 Å². The van der Waals surface area contributed by atoms with Crippen molar-refractivity contribution >= 4 is 50.9 Å². The van der Waals surface area contributed by atoms with Crippen molar-refractivity contribution in [3.63, 3.8) is 0 Å². The number of carbonyl (C=O) groups excluding carboxylic acids is 3. The van der Waals surface area contributed by atoms with Gasteiger partial charge in [0.2, 0.25) is 0 Å². The maximum atomic E-state index is 12.2. The Kier molecular flexibility index (Phi) is 6.16. The Morgan fingerprint density at radius 1 is 1.38 bits per heavy atom. The fraction of sp³-hybridized carbons (Fsp3) is 0.417. The second kappa shape index (κ2) is 7.41. The zero-order valence-corrected chi connectivity index (χ0v) is 14.1. The van der Waals surface area contributed by atoms with Crippen molar-refractivity contribution in [3.05, 3.63) is 14.7 Å². The number of anilines is 1. The van der Waals surface area contributed by atoms with Crippen molar-refractivity contribution in [2.45, 2.75) is 20.0 Å². The number of primary amides is 1. The summed E-state index contributed by atoms with van der Waals surface area (Å²) in [5.74, 6) is -1.41. The number of halogens is 1. The van der Waals surface area contributed by atoms with Crippen LogP contribution in [0.2, 0.25) is 0 Å². The molecule has 0 fully saturated rings. The highest BCUT2D eigenvalue weighted by Crippen LogP contribution is 2.31. The molecule has 116 valence electrons. The van der Waals surface area contributed by atoms with Crippen LogP contribution in [0.5, 0.6) is 0 Å². The van der Waals surface area contributed by atoms with Crippen molar-refractivity contribution in [3.8, 4) is 0 Å². The van der Waals surface area contributed by atoms with E-state index in [2.05, 4.69) is 26.6 Å². The number of alkyl carbamates (subject to hydrolysis) is 1. The van der Waals surface area contributed by atoms with Crippen LogP contribution in [0.4, 0.5) is 10.5 Å². The molecule has 0 saturated carbocycles. The van der Waals surface area contributed by atoms with Gasteiger partial charge in [-0.2, -0.15) is 0 Å². The highest BCUT2D eigenvalue weighted by atomic mass is 79.9. The molecule has 1 rings (SSSR count). The van der Waals surface area contributed by atoms with Crippen LogP contribution in [0.3, 0.4) is 0 Å². The minimum atomic E-state index is -0.982. The summed E-state index contributed by atoms with van der Waals surface area (Å²) in [5.41, 5.74) is 5.53. The molecule has 0 spiro atoms. The normalized spacial score (nSPS) is 11.9. The third kappa shape index (κ3) is 4.71. The predicted molar refractivity (Wildman–Crippen MR) is 83.3 cm³/mol. The molecule has 1 heterocycles. The van der Waals surface area contributed by atoms with E-state index < -0.39 is 24.0 Å². The monoisotopic (exact) mass is 377 g/mol. The Balaban J connectivity index is 2.92. The zero-order valence-electron chi connectivity index (χ0n) is 11.7. The van der Waals surface area contributed by atoms with Gasteiger partial charge in [-0.15, -0.1) is 11.3 Å². The number of thiophene rings is 1. The minimum Gasteiger partial charge on any atom is -0.436 e. The van der Waals surface area contributed by atoms with E-state index in [4.69, 9.17) is 10.5 Å². The number of hydrogen-bond donors (Lipinski definition) is 3. The third-order valence-corrected chi connectivity index (χ3v) is 4.14. The van der Waals surface area contributed by atoms with Crippen molar-refractivity contribution in [1.29, 1.82) is 0 Å². The van der Waals surface area contributed by atoms with Crippen molar-refractivity contribution in [2.24, 2.45) is 11.7 Å². The molecule has 0 bridgehead atoms. The van der Waals surface area contributed by atoms with E-state index in [1.165, 1.54) is 7.05 Å². The van der Waals surface area contributed by atoms with Gasteiger partial charge in [-0.3, -0.25) is 9.59 Å². The topological polar surface area (TPSA) is 111 Å².